The number of benzene rings is 1. The number of carbonyl (C=O) groups is 1. The maximum atomic E-state index is 11.2. The molecule has 5 nitrogen and oxygen atoms in total. The van der Waals surface area contributed by atoms with E-state index >= 15 is 0 Å². The number of rotatable bonds is 2. The molecule has 0 saturated carbocycles. The fourth-order valence-electron chi connectivity index (χ4n) is 0.949. The minimum atomic E-state index is -0.0937. The van der Waals surface area contributed by atoms with Gasteiger partial charge in [-0.3, -0.25) is 0 Å². The molecular weight excluding hydrogens is 271 g/mol. The summed E-state index contributed by atoms with van der Waals surface area (Å²) < 4.78 is 1.18. The molecule has 0 aliphatic heterocycles. The van der Waals surface area contributed by atoms with Crippen LogP contribution in [-0.2, 0) is 4.79 Å². The molecule has 0 unspecified atom stereocenters. The smallest absolute Gasteiger partial charge is 0.870 e. The molecular formula is C10H13GeNO4. The van der Waals surface area contributed by atoms with Crippen molar-refractivity contribution in [3.63, 3.8) is 0 Å². The molecule has 0 atom stereocenters. The normalized spacial score (nSPS) is 7.69. The Balaban J connectivity index is -0.000000563. The van der Waals surface area contributed by atoms with Crippen LogP contribution in [0.1, 0.15) is 0 Å². The van der Waals surface area contributed by atoms with E-state index in [2.05, 4.69) is 6.58 Å². The third-order valence-corrected chi connectivity index (χ3v) is 2.46. The van der Waals surface area contributed by atoms with Crippen LogP contribution in [-0.4, -0.2) is 45.9 Å². The van der Waals surface area contributed by atoms with Gasteiger partial charge in [-0.15, -0.1) is 0 Å². The molecule has 0 radical (unpaired) electrons. The van der Waals surface area contributed by atoms with E-state index in [1.165, 1.54) is 10.5 Å². The minimum absolute atomic E-state index is 0. The zero-order valence-electron chi connectivity index (χ0n) is 8.79. The van der Waals surface area contributed by atoms with E-state index < -0.39 is 0 Å². The second-order valence-corrected chi connectivity index (χ2v) is 3.86. The molecule has 16 heavy (non-hydrogen) atoms. The Morgan fingerprint density at radius 1 is 1.25 bits per heavy atom. The average molecular weight is 284 g/mol. The molecule has 0 fully saturated rings. The number of anilines is 1. The first-order chi connectivity index (χ1) is 6.15. The number of carbonyl (C=O) groups excluding carboxylic acids is 1. The van der Waals surface area contributed by atoms with Crippen molar-refractivity contribution in [2.24, 2.45) is 0 Å². The SMILES string of the molecule is C=CC(=O)N(C)c1cc[c]([Ge+3])cc1.[OH-].[OH-].[OH-]. The summed E-state index contributed by atoms with van der Waals surface area (Å²) in [6, 6.07) is 7.78. The van der Waals surface area contributed by atoms with E-state index in [4.69, 9.17) is 0 Å². The predicted octanol–water partition coefficient (Wildman–Crippen LogP) is 0.0988. The van der Waals surface area contributed by atoms with Crippen LogP contribution in [0.5, 0.6) is 0 Å². The third kappa shape index (κ3) is 5.08. The van der Waals surface area contributed by atoms with Crippen molar-refractivity contribution >= 4 is 32.5 Å². The Labute approximate surface area is 103 Å². The fourth-order valence-corrected chi connectivity index (χ4v) is 1.30. The van der Waals surface area contributed by atoms with Crippen molar-refractivity contribution in [2.45, 2.75) is 0 Å². The van der Waals surface area contributed by atoms with Gasteiger partial charge in [0.2, 0.25) is 0 Å². The molecule has 1 amide bonds. The molecule has 0 bridgehead atoms. The average Bonchev–Trinajstić information content (AvgIpc) is 2.17. The molecule has 1 aromatic carbocycles. The van der Waals surface area contributed by atoms with Crippen LogP contribution in [0.3, 0.4) is 0 Å². The summed E-state index contributed by atoms with van der Waals surface area (Å²) in [5.74, 6) is -0.0937. The van der Waals surface area contributed by atoms with Crippen LogP contribution in [0.25, 0.3) is 0 Å². The van der Waals surface area contributed by atoms with Crippen LogP contribution < -0.4 is 9.30 Å². The summed E-state index contributed by atoms with van der Waals surface area (Å²) in [7, 11) is 1.73. The van der Waals surface area contributed by atoms with Gasteiger partial charge in [0.1, 0.15) is 0 Å². The topological polar surface area (TPSA) is 110 Å². The third-order valence-electron chi connectivity index (χ3n) is 1.76. The largest absolute Gasteiger partial charge is 0.870 e. The van der Waals surface area contributed by atoms with Gasteiger partial charge >= 0.3 is 86.2 Å². The second kappa shape index (κ2) is 9.11. The van der Waals surface area contributed by atoms with E-state index in [1.54, 1.807) is 11.9 Å². The van der Waals surface area contributed by atoms with Gasteiger partial charge in [0, 0.05) is 0 Å². The summed E-state index contributed by atoms with van der Waals surface area (Å²) >= 11 is 2.01. The van der Waals surface area contributed by atoms with Crippen LogP contribution in [0, 0.1) is 0 Å². The second-order valence-electron chi connectivity index (χ2n) is 2.65. The zero-order valence-corrected chi connectivity index (χ0v) is 10.9. The molecule has 86 valence electrons. The number of nitrogens with zero attached hydrogens (tertiary/aromatic N) is 1. The van der Waals surface area contributed by atoms with Crippen molar-refractivity contribution < 1.29 is 21.2 Å². The van der Waals surface area contributed by atoms with E-state index in [1.807, 2.05) is 40.8 Å². The van der Waals surface area contributed by atoms with Crippen LogP contribution in [0.2, 0.25) is 0 Å². The summed E-state index contributed by atoms with van der Waals surface area (Å²) in [5.41, 5.74) is 0.885. The summed E-state index contributed by atoms with van der Waals surface area (Å²) in [6.07, 6.45) is 1.31. The van der Waals surface area contributed by atoms with Crippen molar-refractivity contribution in [2.75, 3.05) is 11.9 Å². The standard InChI is InChI=1S/C10H10GeNO.3H2O/c1-3-10(13)12(2)9-6-4-8(11)5-7-9;;;/h3-7H,1H2,2H3;3*1H2/q+3;;;/p-3. The molecule has 3 N–H and O–H groups in total. The number of hydrogen-bond donors (Lipinski definition) is 0. The predicted molar refractivity (Wildman–Crippen MR) is 61.2 cm³/mol. The number of hydrogen-bond acceptors (Lipinski definition) is 4. The van der Waals surface area contributed by atoms with Crippen LogP contribution >= 0.6 is 0 Å². The first-order valence-corrected chi connectivity index (χ1v) is 4.92. The molecule has 0 heterocycles. The van der Waals surface area contributed by atoms with Gasteiger partial charge in [0.05, 0.1) is 0 Å². The van der Waals surface area contributed by atoms with Gasteiger partial charge in [-0.25, -0.2) is 0 Å². The first kappa shape index (κ1) is 20.3. The molecule has 0 saturated heterocycles. The molecule has 1 rings (SSSR count). The van der Waals surface area contributed by atoms with Gasteiger partial charge in [0.25, 0.3) is 0 Å². The molecule has 6 heteroatoms. The Morgan fingerprint density at radius 2 is 1.69 bits per heavy atom. The monoisotopic (exact) mass is 285 g/mol. The Kier molecular flexibility index (Phi) is 11.5. The number of likely N-dealkylation sites (N-methyl/N-ethyl adjacent to an activating group) is 1. The maximum absolute atomic E-state index is 11.2. The summed E-state index contributed by atoms with van der Waals surface area (Å²) in [5, 5.41) is 0. The van der Waals surface area contributed by atoms with Gasteiger partial charge in [0.15, 0.2) is 0 Å². The zero-order chi connectivity index (χ0) is 9.84. The Morgan fingerprint density at radius 3 is 2.06 bits per heavy atom. The van der Waals surface area contributed by atoms with Gasteiger partial charge in [-0.2, -0.15) is 0 Å². The molecule has 0 aromatic heterocycles. The minimum Gasteiger partial charge on any atom is -0.870 e. The van der Waals surface area contributed by atoms with Crippen LogP contribution in [0.15, 0.2) is 36.9 Å². The summed E-state index contributed by atoms with van der Waals surface area (Å²) in [6.45, 7) is 3.43. The molecule has 1 aromatic rings. The first-order valence-electron chi connectivity index (χ1n) is 3.87. The van der Waals surface area contributed by atoms with E-state index in [-0.39, 0.29) is 22.3 Å². The van der Waals surface area contributed by atoms with Crippen molar-refractivity contribution in [1.29, 1.82) is 0 Å². The Bertz CT molecular complexity index is 326. The van der Waals surface area contributed by atoms with Gasteiger partial charge in [-0.05, 0) is 0 Å². The van der Waals surface area contributed by atoms with Crippen molar-refractivity contribution in [1.82, 2.24) is 0 Å². The Hall–Kier alpha value is -1.15. The molecule has 0 aliphatic carbocycles. The van der Waals surface area contributed by atoms with Crippen molar-refractivity contribution in [3.8, 4) is 0 Å². The van der Waals surface area contributed by atoms with Gasteiger partial charge < -0.3 is 16.4 Å². The molecule has 0 aliphatic rings. The molecule has 0 spiro atoms. The van der Waals surface area contributed by atoms with Gasteiger partial charge in [-0.1, -0.05) is 0 Å². The maximum Gasteiger partial charge on any atom is -0.870 e. The quantitative estimate of drug-likeness (QED) is 0.566. The fraction of sp³-hybridized carbons (Fsp3) is 0.100. The van der Waals surface area contributed by atoms with Crippen molar-refractivity contribution in [3.05, 3.63) is 36.9 Å². The van der Waals surface area contributed by atoms with E-state index in [0.29, 0.717) is 0 Å². The van der Waals surface area contributed by atoms with E-state index in [0.717, 1.165) is 5.69 Å². The summed E-state index contributed by atoms with van der Waals surface area (Å²) in [4.78, 5) is 12.8. The van der Waals surface area contributed by atoms with E-state index in [9.17, 15) is 4.79 Å². The van der Waals surface area contributed by atoms with Crippen LogP contribution in [0.4, 0.5) is 5.69 Å². The number of amides is 1.